The number of carbonyl (C=O) groups is 3. The first kappa shape index (κ1) is 58.3. The Morgan fingerprint density at radius 2 is 0.639 bits per heavy atom. The molecule has 350 valence electrons. The number of ketones is 3. The summed E-state index contributed by atoms with van der Waals surface area (Å²) in [4.78, 5) is 41.1. The van der Waals surface area contributed by atoms with Crippen LogP contribution < -0.4 is 0 Å². The third kappa shape index (κ3) is 30.1. The zero-order valence-electron chi connectivity index (χ0n) is 39.7. The molecule has 0 aromatic rings. The van der Waals surface area contributed by atoms with Crippen molar-refractivity contribution in [2.75, 3.05) is 6.61 Å². The molecule has 0 aromatic carbocycles. The van der Waals surface area contributed by atoms with E-state index in [0.29, 0.717) is 19.3 Å². The number of hydrogen-bond acceptors (Lipinski definition) is 6. The average Bonchev–Trinajstić information content (AvgIpc) is 3.26. The first-order chi connectivity index (χ1) is 29.8. The number of hydrogen-bond donors (Lipinski definition) is 3. The summed E-state index contributed by atoms with van der Waals surface area (Å²) in [5.41, 5.74) is -5.80. The molecule has 6 nitrogen and oxygen atoms in total. The Morgan fingerprint density at radius 3 is 0.967 bits per heavy atom. The van der Waals surface area contributed by atoms with Crippen LogP contribution in [0.1, 0.15) is 239 Å². The maximum atomic E-state index is 13.8. The van der Waals surface area contributed by atoms with Gasteiger partial charge in [0.2, 0.25) is 5.60 Å². The molecular weight excluding hydrogens is 757 g/mol. The second-order valence-corrected chi connectivity index (χ2v) is 17.2. The van der Waals surface area contributed by atoms with Crippen LogP contribution in [0.2, 0.25) is 0 Å². The Labute approximate surface area is 375 Å². The van der Waals surface area contributed by atoms with Crippen LogP contribution in [-0.4, -0.2) is 50.5 Å². The highest BCUT2D eigenvalue weighted by molar-refractivity contribution is 6.16. The van der Waals surface area contributed by atoms with Crippen molar-refractivity contribution in [1.82, 2.24) is 0 Å². The highest BCUT2D eigenvalue weighted by Crippen LogP contribution is 2.32. The maximum absolute atomic E-state index is 13.8. The molecule has 0 bridgehead atoms. The van der Waals surface area contributed by atoms with Crippen molar-refractivity contribution in [2.45, 2.75) is 250 Å². The van der Waals surface area contributed by atoms with E-state index in [1.165, 1.54) is 51.4 Å². The topological polar surface area (TPSA) is 112 Å². The lowest BCUT2D eigenvalue weighted by Gasteiger charge is -2.39. The summed E-state index contributed by atoms with van der Waals surface area (Å²) >= 11 is 0. The molecule has 0 saturated heterocycles. The number of Topliss-reactive ketones (excluding diaryl/α,β-unsaturated/α-hetero) is 3. The summed E-state index contributed by atoms with van der Waals surface area (Å²) in [5, 5.41) is 34.0. The fraction of sp³-hybridized carbons (Fsp3) is 0.727. The summed E-state index contributed by atoms with van der Waals surface area (Å²) in [5.74, 6) is -2.53. The van der Waals surface area contributed by atoms with Gasteiger partial charge in [-0.2, -0.15) is 0 Å². The van der Waals surface area contributed by atoms with Gasteiger partial charge in [-0.1, -0.05) is 209 Å². The predicted octanol–water partition coefficient (Wildman–Crippen LogP) is 14.8. The lowest BCUT2D eigenvalue weighted by atomic mass is 9.71. The van der Waals surface area contributed by atoms with E-state index in [9.17, 15) is 29.7 Å². The van der Waals surface area contributed by atoms with Gasteiger partial charge in [-0.15, -0.1) is 0 Å². The molecule has 0 spiro atoms. The van der Waals surface area contributed by atoms with Gasteiger partial charge in [0.1, 0.15) is 0 Å². The Kier molecular flexibility index (Phi) is 40.8. The van der Waals surface area contributed by atoms with Gasteiger partial charge in [0.25, 0.3) is 0 Å². The quantitative estimate of drug-likeness (QED) is 0.0320. The first-order valence-electron chi connectivity index (χ1n) is 25.3. The average molecular weight is 851 g/mol. The number of carbonyl (C=O) groups excluding carboxylic acids is 3. The number of rotatable bonds is 45. The summed E-state index contributed by atoms with van der Waals surface area (Å²) in [6, 6.07) is 0. The monoisotopic (exact) mass is 851 g/mol. The molecular formula is C55H94O6. The second-order valence-electron chi connectivity index (χ2n) is 17.2. The van der Waals surface area contributed by atoms with Crippen LogP contribution in [0.25, 0.3) is 0 Å². The standard InChI is InChI=1S/C55H94O6/c1-4-7-10-13-16-19-22-25-27-30-32-35-38-41-44-47-51(57)54(60,50-56)55(61,52(58)48-45-42-39-36-33-29-24-21-18-15-12-9-6-3)53(59)49-46-43-40-37-34-31-28-26-23-20-17-14-11-8-5-2/h7-8,10-11,16-17,19-20,25-28,56,60-61H,4-6,9,12-15,18,21-24,29-50H2,1-3H3. The summed E-state index contributed by atoms with van der Waals surface area (Å²) in [6.45, 7) is 5.33. The highest BCUT2D eigenvalue weighted by Gasteiger charge is 2.62. The van der Waals surface area contributed by atoms with E-state index in [1.807, 2.05) is 0 Å². The normalized spacial score (nSPS) is 14.5. The molecule has 2 unspecified atom stereocenters. The lowest BCUT2D eigenvalue weighted by Crippen LogP contribution is -2.69. The zero-order chi connectivity index (χ0) is 45.0. The molecule has 0 aliphatic heterocycles. The molecule has 2 atom stereocenters. The molecule has 0 aliphatic rings. The molecule has 0 fully saturated rings. The van der Waals surface area contributed by atoms with Gasteiger partial charge in [0.15, 0.2) is 23.0 Å². The van der Waals surface area contributed by atoms with E-state index in [2.05, 4.69) is 93.7 Å². The number of unbranched alkanes of at least 4 members (excludes halogenated alkanes) is 22. The van der Waals surface area contributed by atoms with E-state index in [-0.39, 0.29) is 19.3 Å². The summed E-state index contributed by atoms with van der Waals surface area (Å²) in [7, 11) is 0. The van der Waals surface area contributed by atoms with Gasteiger partial charge in [-0.3, -0.25) is 14.4 Å². The fourth-order valence-corrected chi connectivity index (χ4v) is 7.70. The summed E-state index contributed by atoms with van der Waals surface area (Å²) < 4.78 is 0. The fourth-order valence-electron chi connectivity index (χ4n) is 7.70. The van der Waals surface area contributed by atoms with Crippen molar-refractivity contribution in [3.63, 3.8) is 0 Å². The van der Waals surface area contributed by atoms with Crippen LogP contribution in [0.3, 0.4) is 0 Å². The minimum Gasteiger partial charge on any atom is -0.393 e. The third-order valence-electron chi connectivity index (χ3n) is 11.7. The molecule has 0 saturated carbocycles. The minimum absolute atomic E-state index is 0.112. The van der Waals surface area contributed by atoms with Crippen molar-refractivity contribution < 1.29 is 29.7 Å². The van der Waals surface area contributed by atoms with E-state index in [4.69, 9.17) is 0 Å². The molecule has 0 heterocycles. The largest absolute Gasteiger partial charge is 0.393 e. The van der Waals surface area contributed by atoms with Gasteiger partial charge in [-0.25, -0.2) is 0 Å². The van der Waals surface area contributed by atoms with Crippen LogP contribution in [-0.2, 0) is 14.4 Å². The Hall–Kier alpha value is -2.67. The van der Waals surface area contributed by atoms with Crippen LogP contribution in [0.4, 0.5) is 0 Å². The van der Waals surface area contributed by atoms with Crippen molar-refractivity contribution in [3.8, 4) is 0 Å². The van der Waals surface area contributed by atoms with Crippen molar-refractivity contribution >= 4 is 17.3 Å². The second kappa shape index (κ2) is 42.6. The molecule has 0 aromatic heterocycles. The highest BCUT2D eigenvalue weighted by atomic mass is 16.4. The molecule has 0 rings (SSSR count). The van der Waals surface area contributed by atoms with E-state index < -0.39 is 35.2 Å². The number of aliphatic hydroxyl groups is 3. The smallest absolute Gasteiger partial charge is 0.219 e. The first-order valence-corrected chi connectivity index (χ1v) is 25.3. The van der Waals surface area contributed by atoms with Crippen molar-refractivity contribution in [2.24, 2.45) is 0 Å². The maximum Gasteiger partial charge on any atom is 0.219 e. The molecule has 0 amide bonds. The van der Waals surface area contributed by atoms with Crippen LogP contribution >= 0.6 is 0 Å². The third-order valence-corrected chi connectivity index (χ3v) is 11.7. The lowest BCUT2D eigenvalue weighted by molar-refractivity contribution is -0.194. The van der Waals surface area contributed by atoms with Crippen LogP contribution in [0.15, 0.2) is 72.9 Å². The summed E-state index contributed by atoms with van der Waals surface area (Å²) in [6.07, 6.45) is 56.8. The van der Waals surface area contributed by atoms with Crippen molar-refractivity contribution in [1.29, 1.82) is 0 Å². The van der Waals surface area contributed by atoms with E-state index >= 15 is 0 Å². The molecule has 6 heteroatoms. The van der Waals surface area contributed by atoms with Crippen LogP contribution in [0.5, 0.6) is 0 Å². The molecule has 0 radical (unpaired) electrons. The molecule has 3 N–H and O–H groups in total. The Bertz CT molecular complexity index is 1240. The van der Waals surface area contributed by atoms with E-state index in [1.54, 1.807) is 0 Å². The Balaban J connectivity index is 5.05. The van der Waals surface area contributed by atoms with Crippen molar-refractivity contribution in [3.05, 3.63) is 72.9 Å². The van der Waals surface area contributed by atoms with Gasteiger partial charge in [0.05, 0.1) is 6.61 Å². The Morgan fingerprint density at radius 1 is 0.361 bits per heavy atom. The van der Waals surface area contributed by atoms with Gasteiger partial charge in [-0.05, 0) is 83.5 Å². The number of aliphatic hydroxyl groups excluding tert-OH is 1. The van der Waals surface area contributed by atoms with E-state index in [0.717, 1.165) is 128 Å². The molecule has 61 heavy (non-hydrogen) atoms. The van der Waals surface area contributed by atoms with Crippen LogP contribution in [0, 0.1) is 0 Å². The van der Waals surface area contributed by atoms with Gasteiger partial charge < -0.3 is 15.3 Å². The van der Waals surface area contributed by atoms with Gasteiger partial charge >= 0.3 is 0 Å². The zero-order valence-corrected chi connectivity index (χ0v) is 39.7. The minimum atomic E-state index is -2.95. The molecule has 0 aliphatic carbocycles. The number of allylic oxidation sites excluding steroid dienone is 12. The SMILES string of the molecule is CCC=CCC=CCC=CCCCCCCCC(=O)C(O)(CO)C(O)(C(=O)CCCCCCCC=CCC=CCC=CCC)C(=O)CCCCCCCCCCCCCCC. The van der Waals surface area contributed by atoms with Gasteiger partial charge in [0, 0.05) is 19.3 Å². The predicted molar refractivity (Wildman–Crippen MR) is 261 cm³/mol.